The van der Waals surface area contributed by atoms with Crippen LogP contribution in [0.25, 0.3) is 10.2 Å². The molecule has 29 heavy (non-hydrogen) atoms. The molecule has 8 nitrogen and oxygen atoms in total. The maximum absolute atomic E-state index is 12.9. The number of rotatable bonds is 6. The van der Waals surface area contributed by atoms with Crippen LogP contribution in [0.1, 0.15) is 41.9 Å². The van der Waals surface area contributed by atoms with E-state index in [9.17, 15) is 9.59 Å². The molecule has 9 heteroatoms. The van der Waals surface area contributed by atoms with E-state index in [2.05, 4.69) is 10.1 Å². The summed E-state index contributed by atoms with van der Waals surface area (Å²) in [4.78, 5) is 31.6. The molecule has 1 amide bonds. The number of aromatic nitrogens is 4. The van der Waals surface area contributed by atoms with Gasteiger partial charge in [0.15, 0.2) is 0 Å². The highest BCUT2D eigenvalue weighted by molar-refractivity contribution is 7.16. The van der Waals surface area contributed by atoms with Gasteiger partial charge in [-0.2, -0.15) is 5.10 Å². The van der Waals surface area contributed by atoms with E-state index in [0.717, 1.165) is 28.9 Å². The second-order valence-electron chi connectivity index (χ2n) is 7.20. The van der Waals surface area contributed by atoms with Crippen LogP contribution < -0.4 is 5.69 Å². The zero-order valence-corrected chi connectivity index (χ0v) is 17.5. The van der Waals surface area contributed by atoms with Gasteiger partial charge in [0.05, 0.1) is 28.9 Å². The number of methoxy groups -OCH3 is 1. The molecule has 1 saturated heterocycles. The number of fused-ring (bicyclic) bond motifs is 1. The second-order valence-corrected chi connectivity index (χ2v) is 8.09. The molecule has 0 unspecified atom stereocenters. The first-order valence-electron chi connectivity index (χ1n) is 9.91. The Morgan fingerprint density at radius 3 is 2.83 bits per heavy atom. The average Bonchev–Trinajstić information content (AvgIpc) is 3.35. The number of hydrogen-bond acceptors (Lipinski definition) is 6. The quantitative estimate of drug-likeness (QED) is 0.617. The standard InChI is InChI=1S/C20H25N5O3S/c1-3-24-18(22-25(20(24)27)10-11-28-2)14-6-8-23(9-7-14)19(26)15-4-5-16-17(12-15)29-13-21-16/h4-5,12-14H,3,6-11H2,1-2H3. The van der Waals surface area contributed by atoms with Gasteiger partial charge in [-0.25, -0.2) is 14.5 Å². The maximum atomic E-state index is 12.9. The Morgan fingerprint density at radius 2 is 2.10 bits per heavy atom. The summed E-state index contributed by atoms with van der Waals surface area (Å²) in [5, 5.41) is 4.58. The smallest absolute Gasteiger partial charge is 0.345 e. The van der Waals surface area contributed by atoms with Crippen molar-refractivity contribution in [3.63, 3.8) is 0 Å². The van der Waals surface area contributed by atoms with E-state index in [1.54, 1.807) is 28.5 Å². The van der Waals surface area contributed by atoms with Crippen LogP contribution in [0.3, 0.4) is 0 Å². The van der Waals surface area contributed by atoms with Crippen LogP contribution >= 0.6 is 11.3 Å². The predicted molar refractivity (Wildman–Crippen MR) is 112 cm³/mol. The Balaban J connectivity index is 1.46. The lowest BCUT2D eigenvalue weighted by Crippen LogP contribution is -2.38. The second kappa shape index (κ2) is 8.46. The van der Waals surface area contributed by atoms with Crippen molar-refractivity contribution in [2.24, 2.45) is 0 Å². The van der Waals surface area contributed by atoms with Gasteiger partial charge in [-0.05, 0) is 38.0 Å². The van der Waals surface area contributed by atoms with Crippen LogP contribution in [-0.4, -0.2) is 56.9 Å². The number of ether oxygens (including phenoxy) is 1. The van der Waals surface area contributed by atoms with E-state index in [0.29, 0.717) is 38.3 Å². The first-order valence-corrected chi connectivity index (χ1v) is 10.8. The largest absolute Gasteiger partial charge is 0.383 e. The number of carbonyl (C=O) groups excluding carboxylic acids is 1. The lowest BCUT2D eigenvalue weighted by atomic mass is 9.95. The molecule has 3 aromatic rings. The molecule has 0 N–H and O–H groups in total. The molecule has 0 radical (unpaired) electrons. The number of hydrogen-bond donors (Lipinski definition) is 0. The predicted octanol–water partition coefficient (Wildman–Crippen LogP) is 2.34. The molecule has 0 atom stereocenters. The summed E-state index contributed by atoms with van der Waals surface area (Å²) in [5.41, 5.74) is 3.33. The van der Waals surface area contributed by atoms with Crippen LogP contribution in [0.4, 0.5) is 0 Å². The van der Waals surface area contributed by atoms with Gasteiger partial charge in [0.25, 0.3) is 5.91 Å². The molecule has 4 rings (SSSR count). The molecule has 1 aromatic carbocycles. The molecule has 1 aliphatic heterocycles. The summed E-state index contributed by atoms with van der Waals surface area (Å²) >= 11 is 1.54. The number of likely N-dealkylation sites (tertiary alicyclic amines) is 1. The topological polar surface area (TPSA) is 82.2 Å². The summed E-state index contributed by atoms with van der Waals surface area (Å²) in [5.74, 6) is 1.06. The summed E-state index contributed by atoms with van der Waals surface area (Å²) in [6, 6.07) is 5.68. The minimum atomic E-state index is -0.0871. The minimum absolute atomic E-state index is 0.0530. The molecule has 0 bridgehead atoms. The monoisotopic (exact) mass is 415 g/mol. The summed E-state index contributed by atoms with van der Waals surface area (Å²) in [7, 11) is 1.61. The number of piperidine rings is 1. The van der Waals surface area contributed by atoms with E-state index in [4.69, 9.17) is 4.74 Å². The third kappa shape index (κ3) is 3.84. The molecule has 154 valence electrons. The van der Waals surface area contributed by atoms with Crippen molar-refractivity contribution >= 4 is 27.5 Å². The van der Waals surface area contributed by atoms with Gasteiger partial charge < -0.3 is 9.64 Å². The number of amides is 1. The van der Waals surface area contributed by atoms with E-state index in [1.165, 1.54) is 4.68 Å². The fraction of sp³-hybridized carbons (Fsp3) is 0.500. The Labute approximate surface area is 172 Å². The van der Waals surface area contributed by atoms with Crippen molar-refractivity contribution in [2.45, 2.75) is 38.8 Å². The van der Waals surface area contributed by atoms with Crippen LogP contribution in [0.2, 0.25) is 0 Å². The van der Waals surface area contributed by atoms with E-state index in [1.807, 2.05) is 30.0 Å². The lowest BCUT2D eigenvalue weighted by molar-refractivity contribution is 0.0710. The highest BCUT2D eigenvalue weighted by Crippen LogP contribution is 2.28. The third-order valence-electron chi connectivity index (χ3n) is 5.50. The molecule has 2 aromatic heterocycles. The van der Waals surface area contributed by atoms with Crippen molar-refractivity contribution in [1.82, 2.24) is 24.2 Å². The van der Waals surface area contributed by atoms with Gasteiger partial charge in [0, 0.05) is 38.2 Å². The van der Waals surface area contributed by atoms with Crippen LogP contribution in [0, 0.1) is 0 Å². The first-order chi connectivity index (χ1) is 14.1. The lowest BCUT2D eigenvalue weighted by Gasteiger charge is -2.31. The zero-order valence-electron chi connectivity index (χ0n) is 16.7. The minimum Gasteiger partial charge on any atom is -0.383 e. The van der Waals surface area contributed by atoms with Gasteiger partial charge in [0.2, 0.25) is 0 Å². The number of nitrogens with zero attached hydrogens (tertiary/aromatic N) is 5. The van der Waals surface area contributed by atoms with Gasteiger partial charge in [-0.15, -0.1) is 11.3 Å². The third-order valence-corrected chi connectivity index (χ3v) is 6.29. The Hall–Kier alpha value is -2.52. The van der Waals surface area contributed by atoms with Crippen LogP contribution in [-0.2, 0) is 17.8 Å². The first kappa shape index (κ1) is 19.8. The summed E-state index contributed by atoms with van der Waals surface area (Å²) < 4.78 is 9.34. The molecule has 1 fully saturated rings. The maximum Gasteiger partial charge on any atom is 0.345 e. The zero-order chi connectivity index (χ0) is 20.4. The highest BCUT2D eigenvalue weighted by atomic mass is 32.1. The summed E-state index contributed by atoms with van der Waals surface area (Å²) in [6.07, 6.45) is 1.60. The molecule has 0 aliphatic carbocycles. The molecule has 0 saturated carbocycles. The van der Waals surface area contributed by atoms with Crippen molar-refractivity contribution in [3.8, 4) is 0 Å². The highest BCUT2D eigenvalue weighted by Gasteiger charge is 2.28. The van der Waals surface area contributed by atoms with Gasteiger partial charge in [-0.3, -0.25) is 9.36 Å². The Morgan fingerprint density at radius 1 is 1.31 bits per heavy atom. The van der Waals surface area contributed by atoms with Crippen LogP contribution in [0.5, 0.6) is 0 Å². The van der Waals surface area contributed by atoms with Crippen molar-refractivity contribution in [2.75, 3.05) is 26.8 Å². The molecule has 1 aliphatic rings. The summed E-state index contributed by atoms with van der Waals surface area (Å²) in [6.45, 7) is 4.78. The molecule has 3 heterocycles. The van der Waals surface area contributed by atoms with Crippen LogP contribution in [0.15, 0.2) is 28.5 Å². The fourth-order valence-electron chi connectivity index (χ4n) is 3.89. The number of thiazole rings is 1. The molecular weight excluding hydrogens is 390 g/mol. The van der Waals surface area contributed by atoms with E-state index < -0.39 is 0 Å². The van der Waals surface area contributed by atoms with Gasteiger partial charge >= 0.3 is 5.69 Å². The van der Waals surface area contributed by atoms with Crippen molar-refractivity contribution in [1.29, 1.82) is 0 Å². The van der Waals surface area contributed by atoms with E-state index >= 15 is 0 Å². The Kier molecular flexibility index (Phi) is 5.77. The van der Waals surface area contributed by atoms with E-state index in [-0.39, 0.29) is 17.5 Å². The van der Waals surface area contributed by atoms with Crippen molar-refractivity contribution in [3.05, 3.63) is 45.6 Å². The Bertz CT molecular complexity index is 1060. The van der Waals surface area contributed by atoms with Crippen molar-refractivity contribution < 1.29 is 9.53 Å². The number of carbonyl (C=O) groups is 1. The van der Waals surface area contributed by atoms with Gasteiger partial charge in [0.1, 0.15) is 5.82 Å². The molecule has 0 spiro atoms. The molecular formula is C20H25N5O3S. The fourth-order valence-corrected chi connectivity index (χ4v) is 4.61. The van der Waals surface area contributed by atoms with Gasteiger partial charge in [-0.1, -0.05) is 0 Å². The normalized spacial score (nSPS) is 15.3. The SMILES string of the molecule is CCn1c(C2CCN(C(=O)c3ccc4ncsc4c3)CC2)nn(CCOC)c1=O. The number of benzene rings is 1. The average molecular weight is 416 g/mol.